The predicted octanol–water partition coefficient (Wildman–Crippen LogP) is 10.8. The molecule has 0 aliphatic heterocycles. The minimum atomic E-state index is -0.979. The third-order valence-electron chi connectivity index (χ3n) is 17.4. The number of aliphatic hydroxyl groups excluding tert-OH is 4. The van der Waals surface area contributed by atoms with Crippen LogP contribution in [0.2, 0.25) is 0 Å². The minimum absolute atomic E-state index is 0. The zero-order valence-electron chi connectivity index (χ0n) is 80.5. The van der Waals surface area contributed by atoms with Crippen LogP contribution in [-0.2, 0) is 138 Å². The molecule has 0 bridgehead atoms. The van der Waals surface area contributed by atoms with Crippen molar-refractivity contribution in [1.29, 1.82) is 0 Å². The van der Waals surface area contributed by atoms with Gasteiger partial charge in [-0.25, -0.2) is 0 Å². The monoisotopic (exact) mass is 2350 g/mol. The Balaban J connectivity index is -0.000000483. The number of carbonyl (C=O) groups excluding carboxylic acids is 9. The van der Waals surface area contributed by atoms with Crippen LogP contribution in [0.15, 0.2) is 20.5 Å². The van der Waals surface area contributed by atoms with E-state index in [-0.39, 0.29) is 348 Å². The van der Waals surface area contributed by atoms with E-state index in [4.69, 9.17) is 160 Å². The van der Waals surface area contributed by atoms with Crippen LogP contribution in [0.5, 0.6) is 0 Å². The number of esters is 8. The summed E-state index contributed by atoms with van der Waals surface area (Å²) >= 11 is 21.7. The molecule has 0 radical (unpaired) electrons. The normalized spacial score (nSPS) is 11.1. The van der Waals surface area contributed by atoms with Gasteiger partial charge in [-0.2, -0.15) is 0 Å². The van der Waals surface area contributed by atoms with E-state index in [9.17, 15) is 43.2 Å². The second-order valence-electron chi connectivity index (χ2n) is 29.6. The predicted molar refractivity (Wildman–Crippen MR) is 524 cm³/mol. The fourth-order valence-corrected chi connectivity index (χ4v) is 12.7. The molecule has 48 nitrogen and oxygen atoms in total. The largest absolute Gasteiger partial charge is 1.00 e. The summed E-state index contributed by atoms with van der Waals surface area (Å²) in [4.78, 5) is 119. The van der Waals surface area contributed by atoms with Crippen molar-refractivity contribution < 1.29 is 188 Å². The molecule has 800 valence electrons. The van der Waals surface area contributed by atoms with Crippen molar-refractivity contribution in [2.45, 2.75) is 173 Å². The van der Waals surface area contributed by atoms with Gasteiger partial charge < -0.3 is 126 Å². The van der Waals surface area contributed by atoms with Gasteiger partial charge in [0.25, 0.3) is 0 Å². The van der Waals surface area contributed by atoms with Gasteiger partial charge in [0.2, 0.25) is 5.24 Å². The van der Waals surface area contributed by atoms with Crippen molar-refractivity contribution in [2.24, 2.45) is 36.7 Å². The van der Waals surface area contributed by atoms with Gasteiger partial charge >= 0.3 is 77.3 Å². The molecule has 139 heavy (non-hydrogen) atoms. The third-order valence-corrected chi connectivity index (χ3v) is 20.4. The average molecular weight is 2350 g/mol. The Morgan fingerprint density at radius 1 is 0.230 bits per heavy atom. The summed E-state index contributed by atoms with van der Waals surface area (Å²) in [5.41, 5.74) is 44.5. The summed E-state index contributed by atoms with van der Waals surface area (Å²) in [7, 11) is 0. The first-order valence-electron chi connectivity index (χ1n) is 45.7. The van der Waals surface area contributed by atoms with Gasteiger partial charge in [-0.1, -0.05) is 100 Å². The molecule has 0 aliphatic carbocycles. The fraction of sp³-hybridized carbons (Fsp3) is 0.893. The molecule has 0 unspecified atom stereocenters. The zero-order chi connectivity index (χ0) is 103. The summed E-state index contributed by atoms with van der Waals surface area (Å²) < 4.78 is 111. The molecule has 0 amide bonds. The Labute approximate surface area is 883 Å². The van der Waals surface area contributed by atoms with Gasteiger partial charge in [-0.15, -0.1) is 0 Å². The topological polar surface area (TPSA) is 673 Å². The molecule has 55 heteroatoms. The van der Waals surface area contributed by atoms with Gasteiger partial charge in [-0.3, -0.25) is 48.1 Å². The molecular weight excluding hydrogens is 2200 g/mol. The molecular formula is C84H148Br5ClN15NaO33. The van der Waals surface area contributed by atoms with Crippen LogP contribution >= 0.6 is 91.3 Å². The Kier molecular flexibility index (Phi) is 121. The van der Waals surface area contributed by atoms with Crippen molar-refractivity contribution in [1.82, 2.24) is 0 Å². The molecule has 0 saturated heterocycles. The molecule has 0 aliphatic rings. The van der Waals surface area contributed by atoms with Crippen molar-refractivity contribution in [3.8, 4) is 0 Å². The first kappa shape index (κ1) is 145. The maximum Gasteiger partial charge on any atom is 1.00 e. The van der Waals surface area contributed by atoms with Gasteiger partial charge in [0.05, 0.1) is 201 Å². The van der Waals surface area contributed by atoms with Crippen LogP contribution in [0.4, 0.5) is 0 Å². The maximum atomic E-state index is 12.1. The molecule has 0 fully saturated rings. The third kappa shape index (κ3) is 110. The summed E-state index contributed by atoms with van der Waals surface area (Å²) in [5.74, 6) is -2.84. The summed E-state index contributed by atoms with van der Waals surface area (Å²) in [6, 6.07) is 0. The fourth-order valence-electron chi connectivity index (χ4n) is 10.6. The first-order valence-corrected chi connectivity index (χ1v) is 51.7. The van der Waals surface area contributed by atoms with E-state index in [0.717, 1.165) is 90.9 Å². The number of aliphatic hydroxyl groups is 4. The Hall–Kier alpha value is -4.97. The molecule has 0 aromatic rings. The van der Waals surface area contributed by atoms with E-state index in [2.05, 4.69) is 120 Å². The molecule has 0 aromatic heterocycles. The molecule has 0 saturated carbocycles. The molecule has 4 N–H and O–H groups in total. The van der Waals surface area contributed by atoms with Crippen molar-refractivity contribution in [3.63, 3.8) is 0 Å². The zero-order valence-corrected chi connectivity index (χ0v) is 91.2. The molecule has 0 atom stereocenters. The van der Waals surface area contributed by atoms with Crippen molar-refractivity contribution in [2.75, 3.05) is 291 Å². The number of azide groups is 4. The second-order valence-corrected chi connectivity index (χ2v) is 34.0. The van der Waals surface area contributed by atoms with Crippen LogP contribution in [0.1, 0.15) is 173 Å². The van der Waals surface area contributed by atoms with Gasteiger partial charge in [0, 0.05) is 130 Å². The average Bonchev–Trinajstić information content (AvgIpc) is 0.873. The number of ether oxygens (including phenoxy) is 20. The minimum Gasteiger partial charge on any atom is -0.463 e. The van der Waals surface area contributed by atoms with Crippen molar-refractivity contribution >= 4 is 144 Å². The summed E-state index contributed by atoms with van der Waals surface area (Å²) in [5, 5.41) is 52.9. The molecule has 0 spiro atoms. The van der Waals surface area contributed by atoms with E-state index < -0.39 is 40.1 Å². The standard InChI is InChI=1S/C33H56Br4O12.C33H56N12O12.C13H28O8.C5H8BrClO.N3.Na/c34-13-5-1-9-29(38)46-21-17-42-25-33(26-43-18-22-47-30(39)10-2-6-14-35,27-44-19-23-48-31(40)11-3-7-15-36)28-45-20-24-49-32(41)12-4-8-16-37;34-42-38-13-5-1-9-29(46)54-21-17-50-25-33(26-51-18-22-55-30(47)10-2-6-14-39-43-35,27-52-19-23-56-31(48)11-3-7-15-40-44-36)28-53-20-24-57-32(49)12-4-8-16-41-45-37;14-1-5-18-9-13(10-19-6-2-15,11-20-7-3-16)12-21-8-4-17;6-4-2-1-3-5(7)8;1-3-2;/h1-28H2;1-28H2;14-17H,1-12H2;1-4H2;;/q;;;;-1;+1. The number of alkyl halides is 5. The number of carbonyl (C=O) groups is 9. The smallest absolute Gasteiger partial charge is 0.463 e. The SMILES string of the molecule is O=C(CCCCBr)OCCOCC(COCCOC(=O)CCCCBr)(COCCOC(=O)CCCCBr)COCCOC(=O)CCCCBr.O=C(Cl)CCCCBr.OCCOCC(COCCO)(COCCO)COCCO.[N-]=[N+]=NCCCCC(=O)OCCOCC(COCCOC(=O)CCCCN=[N+]=[N-])(COCCOC(=O)CCCCN=[N+]=[N-])COCCOC(=O)CCCCN=[N+]=[N-].[N-]=[N+]=[N-].[Na+]. The van der Waals surface area contributed by atoms with Gasteiger partial charge in [-0.05, 0) is 149 Å². The van der Waals surface area contributed by atoms with E-state index in [1.165, 1.54) is 4.91 Å². The first-order chi connectivity index (χ1) is 67.1. The van der Waals surface area contributed by atoms with Crippen LogP contribution in [0.25, 0.3) is 57.7 Å². The number of unbranched alkanes of at least 4 members (excludes halogenated alkanes) is 9. The van der Waals surface area contributed by atoms with Gasteiger partial charge in [0.1, 0.15) is 52.9 Å². The quantitative estimate of drug-likeness (QED) is 0.00506. The number of rotatable bonds is 96. The number of hydrogen-bond acceptors (Lipinski definition) is 37. The van der Waals surface area contributed by atoms with E-state index in [0.29, 0.717) is 83.5 Å². The molecule has 0 aromatic carbocycles. The number of hydrogen-bond donors (Lipinski definition) is 4. The van der Waals surface area contributed by atoms with E-state index in [1.807, 2.05) is 0 Å². The van der Waals surface area contributed by atoms with Gasteiger partial charge in [0.15, 0.2) is 0 Å². The Morgan fingerprint density at radius 3 is 0.496 bits per heavy atom. The van der Waals surface area contributed by atoms with Crippen LogP contribution < -0.4 is 29.6 Å². The van der Waals surface area contributed by atoms with E-state index >= 15 is 0 Å². The molecule has 0 rings (SSSR count). The Bertz CT molecular complexity index is 2840. The summed E-state index contributed by atoms with van der Waals surface area (Å²) in [6.45, 7) is 3.82. The second kappa shape index (κ2) is 117. The van der Waals surface area contributed by atoms with Crippen LogP contribution in [0.3, 0.4) is 0 Å². The Morgan fingerprint density at radius 2 is 0.367 bits per heavy atom. The molecule has 0 heterocycles. The van der Waals surface area contributed by atoms with E-state index in [1.54, 1.807) is 0 Å². The maximum absolute atomic E-state index is 12.1. The van der Waals surface area contributed by atoms with Crippen LogP contribution in [-0.4, -0.2) is 364 Å². The number of nitrogens with zero attached hydrogens (tertiary/aromatic N) is 15. The summed E-state index contributed by atoms with van der Waals surface area (Å²) in [6.07, 6.45) is 15.1. The van der Waals surface area contributed by atoms with Crippen molar-refractivity contribution in [3.05, 3.63) is 57.7 Å². The number of halogens is 6. The van der Waals surface area contributed by atoms with Crippen LogP contribution in [0, 0.1) is 16.2 Å².